The van der Waals surface area contributed by atoms with Crippen LogP contribution in [0.3, 0.4) is 0 Å². The van der Waals surface area contributed by atoms with Crippen LogP contribution in [0.2, 0.25) is 0 Å². The molecule has 0 aliphatic carbocycles. The second-order valence-corrected chi connectivity index (χ2v) is 10.9. The molecule has 0 aromatic heterocycles. The van der Waals surface area contributed by atoms with Gasteiger partial charge in [-0.1, -0.05) is 65.8 Å². The number of fused-ring (bicyclic) bond motifs is 1. The Balaban J connectivity index is -0.000000577. The van der Waals surface area contributed by atoms with Gasteiger partial charge in [0.1, 0.15) is 0 Å². The molecule has 38 heavy (non-hydrogen) atoms. The topological polar surface area (TPSA) is 73.5 Å². The number of carbonyl (C=O) groups is 2. The van der Waals surface area contributed by atoms with Gasteiger partial charge in [-0.15, -0.1) is 12.8 Å². The van der Waals surface area contributed by atoms with Gasteiger partial charge in [0.15, 0.2) is 5.78 Å². The molecule has 2 aliphatic heterocycles. The van der Waals surface area contributed by atoms with Gasteiger partial charge >= 0.3 is 0 Å². The predicted molar refractivity (Wildman–Crippen MR) is 167 cm³/mol. The maximum absolute atomic E-state index is 11.3. The quantitative estimate of drug-likeness (QED) is 0.279. The average Bonchev–Trinajstić information content (AvgIpc) is 2.86. The van der Waals surface area contributed by atoms with E-state index >= 15 is 0 Å². The Hall–Kier alpha value is -1.94. The number of amides is 1. The summed E-state index contributed by atoms with van der Waals surface area (Å²) in [6, 6.07) is -0.414. The van der Waals surface area contributed by atoms with Crippen LogP contribution in [0.4, 0.5) is 0 Å². The Morgan fingerprint density at radius 3 is 2.26 bits per heavy atom. The summed E-state index contributed by atoms with van der Waals surface area (Å²) >= 11 is 0. The molecular weight excluding hydrogens is 472 g/mol. The van der Waals surface area contributed by atoms with E-state index in [9.17, 15) is 9.59 Å². The molecule has 0 aromatic carbocycles. The molecule has 0 saturated carbocycles. The molecule has 1 unspecified atom stereocenters. The minimum atomic E-state index is -0.414. The number of piperidine rings is 2. The number of Topliss-reactive ketones (excluding diaryl/α,β-unsaturated/α-hetero) is 1. The molecule has 0 bridgehead atoms. The van der Waals surface area contributed by atoms with Crippen molar-refractivity contribution < 1.29 is 9.59 Å². The Morgan fingerprint density at radius 1 is 1.18 bits per heavy atom. The molecule has 6 heteroatoms. The van der Waals surface area contributed by atoms with Gasteiger partial charge < -0.3 is 20.9 Å². The fourth-order valence-corrected chi connectivity index (χ4v) is 5.03. The molecule has 2 aliphatic rings. The third-order valence-electron chi connectivity index (χ3n) is 6.89. The van der Waals surface area contributed by atoms with Crippen molar-refractivity contribution in [3.8, 4) is 12.8 Å². The number of hydrogen-bond acceptors (Lipinski definition) is 5. The van der Waals surface area contributed by atoms with Gasteiger partial charge in [-0.25, -0.2) is 0 Å². The Kier molecular flexibility index (Phi) is 23.4. The number of terminal acetylenes is 1. The van der Waals surface area contributed by atoms with E-state index in [2.05, 4.69) is 72.7 Å². The van der Waals surface area contributed by atoms with E-state index < -0.39 is 6.04 Å². The van der Waals surface area contributed by atoms with E-state index in [0.717, 1.165) is 5.92 Å². The zero-order chi connectivity index (χ0) is 29.1. The summed E-state index contributed by atoms with van der Waals surface area (Å²) in [6.07, 6.45) is 20.0. The third-order valence-corrected chi connectivity index (χ3v) is 6.89. The monoisotopic (exact) mass is 534 g/mol. The second kappa shape index (κ2) is 21.9. The first kappa shape index (κ1) is 40.6. The van der Waals surface area contributed by atoms with Crippen LogP contribution in [-0.2, 0) is 9.59 Å². The van der Waals surface area contributed by atoms with Crippen LogP contribution in [0.25, 0.3) is 0 Å². The first-order valence-corrected chi connectivity index (χ1v) is 14.0. The normalized spacial score (nSPS) is 22.0. The number of allylic oxidation sites excluding steroid dienone is 3. The lowest BCUT2D eigenvalue weighted by Gasteiger charge is -2.49. The van der Waals surface area contributed by atoms with Crippen LogP contribution in [0.1, 0.15) is 95.4 Å². The van der Waals surface area contributed by atoms with Crippen LogP contribution in [0, 0.1) is 24.2 Å². The van der Waals surface area contributed by atoms with Gasteiger partial charge in [0.2, 0.25) is 5.91 Å². The zero-order valence-corrected chi connectivity index (χ0v) is 25.7. The lowest BCUT2D eigenvalue weighted by Crippen LogP contribution is -2.62. The molecule has 222 valence electrons. The summed E-state index contributed by atoms with van der Waals surface area (Å²) in [6.45, 7) is 23.1. The third kappa shape index (κ3) is 15.5. The van der Waals surface area contributed by atoms with E-state index in [1.807, 2.05) is 34.6 Å². The lowest BCUT2D eigenvalue weighted by molar-refractivity contribution is -0.128. The predicted octanol–water partition coefficient (Wildman–Crippen LogP) is 5.60. The number of rotatable bonds is 8. The summed E-state index contributed by atoms with van der Waals surface area (Å²) in [5, 5.41) is 9.23. The molecule has 6 nitrogen and oxygen atoms in total. The number of nitrogens with one attached hydrogen (secondary N) is 3. The Bertz CT molecular complexity index is 721. The first-order valence-electron chi connectivity index (χ1n) is 14.0. The van der Waals surface area contributed by atoms with Crippen LogP contribution >= 0.6 is 0 Å². The summed E-state index contributed by atoms with van der Waals surface area (Å²) in [5.41, 5.74) is 1.59. The minimum absolute atomic E-state index is 0. The summed E-state index contributed by atoms with van der Waals surface area (Å²) in [4.78, 5) is 25.2. The number of ketones is 1. The number of carbonyl (C=O) groups excluding carboxylic acids is 2. The maximum atomic E-state index is 11.3. The SMILES string of the molecule is C.C#C.C/C=C\C(=C/C)CCN1CCC2CCCN[C@]2(C)C1.CC.CNCC(=O)N[C@H](C(C)=O)C(C)(C)C. The fraction of sp³-hybridized carbons (Fsp3) is 0.750. The van der Waals surface area contributed by atoms with Gasteiger partial charge in [-0.05, 0) is 84.8 Å². The van der Waals surface area contributed by atoms with Gasteiger partial charge in [0, 0.05) is 18.6 Å². The van der Waals surface area contributed by atoms with E-state index in [4.69, 9.17) is 0 Å². The number of likely N-dealkylation sites (N-methyl/N-ethyl adjacent to an activating group) is 1. The second-order valence-electron chi connectivity index (χ2n) is 10.9. The van der Waals surface area contributed by atoms with E-state index in [0.29, 0.717) is 5.54 Å². The smallest absolute Gasteiger partial charge is 0.234 e. The molecule has 0 radical (unpaired) electrons. The molecule has 0 spiro atoms. The number of likely N-dealkylation sites (tertiary alicyclic amines) is 1. The average molecular weight is 535 g/mol. The van der Waals surface area contributed by atoms with Gasteiger partial charge in [-0.2, -0.15) is 0 Å². The lowest BCUT2D eigenvalue weighted by atomic mass is 9.74. The van der Waals surface area contributed by atoms with Crippen molar-refractivity contribution in [2.45, 2.75) is 107 Å². The minimum Gasteiger partial charge on any atom is -0.345 e. The summed E-state index contributed by atoms with van der Waals surface area (Å²) < 4.78 is 0. The van der Waals surface area contributed by atoms with E-state index in [1.165, 1.54) is 64.4 Å². The van der Waals surface area contributed by atoms with Crippen molar-refractivity contribution in [2.24, 2.45) is 11.3 Å². The largest absolute Gasteiger partial charge is 0.345 e. The van der Waals surface area contributed by atoms with Gasteiger partial charge in [0.25, 0.3) is 0 Å². The van der Waals surface area contributed by atoms with Crippen molar-refractivity contribution >= 4 is 11.7 Å². The highest BCUT2D eigenvalue weighted by Gasteiger charge is 2.40. The highest BCUT2D eigenvalue weighted by Crippen LogP contribution is 2.33. The van der Waals surface area contributed by atoms with Crippen LogP contribution in [-0.4, -0.2) is 67.9 Å². The van der Waals surface area contributed by atoms with Crippen molar-refractivity contribution in [3.63, 3.8) is 0 Å². The zero-order valence-electron chi connectivity index (χ0n) is 25.7. The fourth-order valence-electron chi connectivity index (χ4n) is 5.03. The summed E-state index contributed by atoms with van der Waals surface area (Å²) in [5.74, 6) is 0.735. The molecule has 3 atom stereocenters. The molecule has 2 fully saturated rings. The standard InChI is InChI=1S/C17H30N2.C10H20N2O2.C2H6.C2H2.CH4/c1-4-7-15(5-2)9-12-19-13-10-16-8-6-11-18-17(16,3)14-19;1-7(13)9(10(2,3)4)12-8(14)6-11-5;2*1-2;/h4-5,7,16,18H,6,8-14H2,1-3H3;9,11H,6H2,1-5H3,(H,12,14);1-2H3;1-2H;1H4/b7-4-,15-5+;;;;/t16?,17-;9-;;;/m11.../s1. The highest BCUT2D eigenvalue weighted by atomic mass is 16.2. The first-order chi connectivity index (χ1) is 17.5. The van der Waals surface area contributed by atoms with E-state index in [1.54, 1.807) is 7.05 Å². The van der Waals surface area contributed by atoms with Crippen LogP contribution in [0.5, 0.6) is 0 Å². The van der Waals surface area contributed by atoms with Crippen molar-refractivity contribution in [2.75, 3.05) is 39.8 Å². The van der Waals surface area contributed by atoms with Crippen molar-refractivity contribution in [1.29, 1.82) is 0 Å². The Labute approximate surface area is 236 Å². The highest BCUT2D eigenvalue weighted by molar-refractivity contribution is 5.88. The van der Waals surface area contributed by atoms with Crippen molar-refractivity contribution in [3.05, 3.63) is 23.8 Å². The molecule has 2 rings (SSSR count). The molecule has 3 N–H and O–H groups in total. The molecule has 2 saturated heterocycles. The summed E-state index contributed by atoms with van der Waals surface area (Å²) in [7, 11) is 1.69. The molecule has 0 aromatic rings. The van der Waals surface area contributed by atoms with E-state index in [-0.39, 0.29) is 31.1 Å². The van der Waals surface area contributed by atoms with Crippen LogP contribution in [0.15, 0.2) is 23.8 Å². The van der Waals surface area contributed by atoms with Crippen LogP contribution < -0.4 is 16.0 Å². The number of nitrogens with zero attached hydrogens (tertiary/aromatic N) is 1. The number of hydrogen-bond donors (Lipinski definition) is 3. The van der Waals surface area contributed by atoms with Crippen molar-refractivity contribution in [1.82, 2.24) is 20.9 Å². The Morgan fingerprint density at radius 2 is 1.79 bits per heavy atom. The van der Waals surface area contributed by atoms with Gasteiger partial charge in [-0.3, -0.25) is 9.59 Å². The van der Waals surface area contributed by atoms with Gasteiger partial charge in [0.05, 0.1) is 12.6 Å². The molecule has 1 amide bonds. The maximum Gasteiger partial charge on any atom is 0.234 e. The molecular formula is C32H62N4O2. The molecule has 2 heterocycles.